The summed E-state index contributed by atoms with van der Waals surface area (Å²) < 4.78 is 23.4. The molecule has 0 N–H and O–H groups in total. The van der Waals surface area contributed by atoms with Gasteiger partial charge in [-0.25, -0.2) is 9.07 Å². The molecule has 0 atom stereocenters. The van der Waals surface area contributed by atoms with E-state index in [4.69, 9.17) is 9.84 Å². The van der Waals surface area contributed by atoms with E-state index in [9.17, 15) is 9.18 Å². The summed E-state index contributed by atoms with van der Waals surface area (Å²) >= 11 is 1.24. The Kier molecular flexibility index (Phi) is 6.34. The number of nitrogens with zero attached hydrogens (tertiary/aromatic N) is 5. The Balaban J connectivity index is 1.42. The quantitative estimate of drug-likeness (QED) is 0.262. The number of aryl methyl sites for hydroxylation is 1. The van der Waals surface area contributed by atoms with Gasteiger partial charge >= 0.3 is 0 Å². The third-order valence-corrected chi connectivity index (χ3v) is 7.12. The monoisotopic (exact) mass is 535 g/mol. The number of rotatable bonds is 7. The molecule has 0 saturated heterocycles. The van der Waals surface area contributed by atoms with Gasteiger partial charge in [-0.15, -0.1) is 5.10 Å². The van der Waals surface area contributed by atoms with E-state index in [1.54, 1.807) is 29.8 Å². The first-order valence-electron chi connectivity index (χ1n) is 12.2. The zero-order valence-electron chi connectivity index (χ0n) is 20.9. The summed E-state index contributed by atoms with van der Waals surface area (Å²) in [4.78, 5) is 18.4. The molecule has 0 aliphatic heterocycles. The molecule has 7 nitrogen and oxygen atoms in total. The molecule has 6 aromatic rings. The van der Waals surface area contributed by atoms with Gasteiger partial charge in [0.15, 0.2) is 5.82 Å². The second-order valence-electron chi connectivity index (χ2n) is 8.85. The second kappa shape index (κ2) is 10.1. The van der Waals surface area contributed by atoms with Crippen LogP contribution < -0.4 is 14.8 Å². The third-order valence-electron chi connectivity index (χ3n) is 6.16. The predicted octanol–water partition coefficient (Wildman–Crippen LogP) is 5.23. The van der Waals surface area contributed by atoms with E-state index in [1.807, 2.05) is 66.9 Å². The highest BCUT2D eigenvalue weighted by atomic mass is 32.1. The van der Waals surface area contributed by atoms with Gasteiger partial charge in [-0.05, 0) is 61.0 Å². The fourth-order valence-corrected chi connectivity index (χ4v) is 5.02. The number of aromatic nitrogens is 5. The van der Waals surface area contributed by atoms with Crippen molar-refractivity contribution >= 4 is 22.4 Å². The normalized spacial score (nSPS) is 11.8. The van der Waals surface area contributed by atoms with Crippen LogP contribution in [0.25, 0.3) is 39.4 Å². The summed E-state index contributed by atoms with van der Waals surface area (Å²) in [6.07, 6.45) is 5.27. The lowest BCUT2D eigenvalue weighted by Crippen LogP contribution is -2.23. The second-order valence-corrected chi connectivity index (χ2v) is 9.86. The van der Waals surface area contributed by atoms with E-state index in [2.05, 4.69) is 16.7 Å². The van der Waals surface area contributed by atoms with Crippen molar-refractivity contribution in [2.45, 2.75) is 6.92 Å². The molecule has 192 valence electrons. The van der Waals surface area contributed by atoms with Gasteiger partial charge in [0.2, 0.25) is 4.96 Å². The Morgan fingerprint density at radius 2 is 1.79 bits per heavy atom. The fraction of sp³-hybridized carbons (Fsp3) is 0.0667. The molecule has 3 aromatic heterocycles. The number of benzene rings is 3. The van der Waals surface area contributed by atoms with Crippen LogP contribution in [0.15, 0.2) is 96.4 Å². The molecule has 0 amide bonds. The third kappa shape index (κ3) is 4.75. The van der Waals surface area contributed by atoms with Gasteiger partial charge in [-0.1, -0.05) is 54.3 Å². The number of fused-ring (bicyclic) bond motifs is 1. The lowest BCUT2D eigenvalue weighted by molar-refractivity contribution is 0.363. The zero-order chi connectivity index (χ0) is 26.9. The minimum Gasteiger partial charge on any atom is -0.490 e. The van der Waals surface area contributed by atoms with Crippen molar-refractivity contribution in [3.05, 3.63) is 123 Å². The Morgan fingerprint density at radius 3 is 2.51 bits per heavy atom. The molecule has 3 heterocycles. The Labute approximate surface area is 226 Å². The molecule has 0 bridgehead atoms. The summed E-state index contributed by atoms with van der Waals surface area (Å²) in [5.74, 6) is 0.845. The van der Waals surface area contributed by atoms with E-state index in [0.717, 1.165) is 11.3 Å². The maximum atomic E-state index is 14.4. The van der Waals surface area contributed by atoms with Crippen molar-refractivity contribution < 1.29 is 9.13 Å². The molecule has 0 radical (unpaired) electrons. The standard InChI is InChI=1S/C30H22FN5O2S/c1-3-15-38-24-13-11-20(12-14-24)28-32-30-36(34-28)29(37)26(39-30)17-22-18-35(23-7-5-4-6-8-23)33-27(22)21-10-9-19(2)25(31)16-21/h3-14,16-18H,1,15H2,2H3. The maximum absolute atomic E-state index is 14.4. The van der Waals surface area contributed by atoms with E-state index in [0.29, 0.717) is 50.1 Å². The van der Waals surface area contributed by atoms with Gasteiger partial charge < -0.3 is 4.74 Å². The van der Waals surface area contributed by atoms with E-state index in [-0.39, 0.29) is 11.4 Å². The average Bonchev–Trinajstić information content (AvgIpc) is 3.65. The first kappa shape index (κ1) is 24.4. The van der Waals surface area contributed by atoms with Crippen LogP contribution in [0.2, 0.25) is 0 Å². The fourth-order valence-electron chi connectivity index (χ4n) is 4.12. The van der Waals surface area contributed by atoms with Crippen molar-refractivity contribution in [2.24, 2.45) is 0 Å². The molecule has 0 aliphatic rings. The maximum Gasteiger partial charge on any atom is 0.291 e. The molecule has 0 aliphatic carbocycles. The molecule has 6 rings (SSSR count). The van der Waals surface area contributed by atoms with Crippen LogP contribution in [-0.4, -0.2) is 31.0 Å². The Morgan fingerprint density at radius 1 is 1.03 bits per heavy atom. The summed E-state index contributed by atoms with van der Waals surface area (Å²) in [7, 11) is 0. The smallest absolute Gasteiger partial charge is 0.291 e. The molecule has 3 aromatic carbocycles. The topological polar surface area (TPSA) is 74.3 Å². The van der Waals surface area contributed by atoms with Crippen molar-refractivity contribution in [3.8, 4) is 34.1 Å². The van der Waals surface area contributed by atoms with E-state index >= 15 is 0 Å². The van der Waals surface area contributed by atoms with Crippen LogP contribution in [0.4, 0.5) is 4.39 Å². The molecule has 0 spiro atoms. The van der Waals surface area contributed by atoms with Crippen LogP contribution in [0.3, 0.4) is 0 Å². The highest BCUT2D eigenvalue weighted by molar-refractivity contribution is 7.15. The number of ether oxygens (including phenoxy) is 1. The minimum atomic E-state index is -0.316. The summed E-state index contributed by atoms with van der Waals surface area (Å²) in [5, 5.41) is 9.18. The van der Waals surface area contributed by atoms with Gasteiger partial charge in [-0.3, -0.25) is 4.79 Å². The molecule has 0 saturated carbocycles. The van der Waals surface area contributed by atoms with Crippen LogP contribution in [0, 0.1) is 12.7 Å². The SMILES string of the molecule is C=CCOc1ccc(-c2nc3sc(=Cc4cn(-c5ccccc5)nc4-c4ccc(C)c(F)c4)c(=O)n3n2)cc1. The van der Waals surface area contributed by atoms with E-state index < -0.39 is 0 Å². The molecular weight excluding hydrogens is 513 g/mol. The average molecular weight is 536 g/mol. The Hall–Kier alpha value is -4.89. The summed E-state index contributed by atoms with van der Waals surface area (Å²) in [6, 6.07) is 22.0. The number of thiazole rings is 1. The number of para-hydroxylation sites is 1. The van der Waals surface area contributed by atoms with Crippen molar-refractivity contribution in [1.29, 1.82) is 0 Å². The predicted molar refractivity (Wildman–Crippen MR) is 151 cm³/mol. The zero-order valence-corrected chi connectivity index (χ0v) is 21.7. The highest BCUT2D eigenvalue weighted by Gasteiger charge is 2.16. The first-order chi connectivity index (χ1) is 19.0. The molecule has 39 heavy (non-hydrogen) atoms. The van der Waals surface area contributed by atoms with Gasteiger partial charge in [0.1, 0.15) is 23.9 Å². The van der Waals surface area contributed by atoms with Crippen molar-refractivity contribution in [3.63, 3.8) is 0 Å². The minimum absolute atomic E-state index is 0.284. The summed E-state index contributed by atoms with van der Waals surface area (Å²) in [6.45, 7) is 5.78. The largest absolute Gasteiger partial charge is 0.490 e. The van der Waals surface area contributed by atoms with Crippen LogP contribution >= 0.6 is 11.3 Å². The highest BCUT2D eigenvalue weighted by Crippen LogP contribution is 2.26. The molecular formula is C30H22FN5O2S. The van der Waals surface area contributed by atoms with Crippen LogP contribution in [0.1, 0.15) is 11.1 Å². The van der Waals surface area contributed by atoms with Gasteiger partial charge in [0.05, 0.1) is 10.2 Å². The first-order valence-corrected chi connectivity index (χ1v) is 13.0. The van der Waals surface area contributed by atoms with Crippen molar-refractivity contribution in [2.75, 3.05) is 6.61 Å². The van der Waals surface area contributed by atoms with Gasteiger partial charge in [-0.2, -0.15) is 14.6 Å². The lowest BCUT2D eigenvalue weighted by Gasteiger charge is -2.02. The lowest BCUT2D eigenvalue weighted by atomic mass is 10.1. The number of hydrogen-bond acceptors (Lipinski definition) is 6. The van der Waals surface area contributed by atoms with E-state index in [1.165, 1.54) is 21.9 Å². The molecule has 9 heteroatoms. The number of halogens is 1. The van der Waals surface area contributed by atoms with Gasteiger partial charge in [0, 0.05) is 22.9 Å². The Bertz CT molecular complexity index is 1920. The van der Waals surface area contributed by atoms with Gasteiger partial charge in [0.25, 0.3) is 5.56 Å². The van der Waals surface area contributed by atoms with Crippen molar-refractivity contribution in [1.82, 2.24) is 24.4 Å². The van der Waals surface area contributed by atoms with Crippen LogP contribution in [-0.2, 0) is 0 Å². The molecule has 0 unspecified atom stereocenters. The number of hydrogen-bond donors (Lipinski definition) is 0. The van der Waals surface area contributed by atoms with Crippen LogP contribution in [0.5, 0.6) is 5.75 Å². The summed E-state index contributed by atoms with van der Waals surface area (Å²) in [5.41, 5.74) is 3.75. The molecule has 0 fully saturated rings.